The Balaban J connectivity index is 1.80. The molecule has 0 aliphatic carbocycles. The van der Waals surface area contributed by atoms with Crippen molar-refractivity contribution in [2.24, 2.45) is 0 Å². The summed E-state index contributed by atoms with van der Waals surface area (Å²) >= 11 is 0. The van der Waals surface area contributed by atoms with Crippen molar-refractivity contribution in [2.75, 3.05) is 5.32 Å². The second kappa shape index (κ2) is 5.04. The largest absolute Gasteiger partial charge is 0.416 e. The lowest BCUT2D eigenvalue weighted by atomic mass is 10.1. The van der Waals surface area contributed by atoms with E-state index in [-0.39, 0.29) is 6.54 Å². The molecule has 1 N–H and O–H groups in total. The zero-order valence-corrected chi connectivity index (χ0v) is 10.7. The minimum Gasteiger partial charge on any atom is -0.363 e. The molecule has 0 amide bonds. The number of halogens is 3. The number of fused-ring (bicyclic) bond motifs is 1. The molecule has 21 heavy (non-hydrogen) atoms. The normalized spacial score (nSPS) is 11.8. The van der Waals surface area contributed by atoms with E-state index in [0.717, 1.165) is 12.1 Å². The molecule has 0 radical (unpaired) electrons. The van der Waals surface area contributed by atoms with Crippen LogP contribution in [0.15, 0.2) is 43.0 Å². The molecule has 5 nitrogen and oxygen atoms in total. The quantitative estimate of drug-likeness (QED) is 0.806. The van der Waals surface area contributed by atoms with Crippen LogP contribution < -0.4 is 5.32 Å². The Labute approximate surface area is 117 Å². The maximum Gasteiger partial charge on any atom is 0.416 e. The summed E-state index contributed by atoms with van der Waals surface area (Å²) in [4.78, 5) is 4.11. The van der Waals surface area contributed by atoms with E-state index in [4.69, 9.17) is 0 Å². The van der Waals surface area contributed by atoms with Gasteiger partial charge in [0.2, 0.25) is 5.65 Å². The third-order valence-corrected chi connectivity index (χ3v) is 2.93. The van der Waals surface area contributed by atoms with Gasteiger partial charge in [-0.15, -0.1) is 10.2 Å². The number of alkyl halides is 3. The number of nitrogens with one attached hydrogen (secondary N) is 1. The fourth-order valence-corrected chi connectivity index (χ4v) is 1.93. The van der Waals surface area contributed by atoms with Crippen LogP contribution in [0.2, 0.25) is 0 Å². The predicted octanol–water partition coefficient (Wildman–Crippen LogP) is 2.76. The van der Waals surface area contributed by atoms with E-state index in [9.17, 15) is 13.2 Å². The van der Waals surface area contributed by atoms with Gasteiger partial charge >= 0.3 is 6.18 Å². The second-order valence-electron chi connectivity index (χ2n) is 4.39. The Morgan fingerprint density at radius 1 is 1.24 bits per heavy atom. The van der Waals surface area contributed by atoms with Crippen LogP contribution in [0.5, 0.6) is 0 Å². The third-order valence-electron chi connectivity index (χ3n) is 2.93. The first kappa shape index (κ1) is 13.3. The van der Waals surface area contributed by atoms with Crippen molar-refractivity contribution in [3.8, 4) is 0 Å². The SMILES string of the molecule is FC(F)(F)c1cccc(CNc2nccn3cnnc23)c1. The molecule has 3 rings (SSSR count). The Morgan fingerprint density at radius 2 is 2.10 bits per heavy atom. The van der Waals surface area contributed by atoms with E-state index in [0.29, 0.717) is 17.0 Å². The summed E-state index contributed by atoms with van der Waals surface area (Å²) in [6, 6.07) is 5.15. The first-order valence-corrected chi connectivity index (χ1v) is 6.08. The standard InChI is InChI=1S/C13H10F3N5/c14-13(15,16)10-3-1-2-9(6-10)7-18-11-12-20-19-8-21(12)5-4-17-11/h1-6,8H,7H2,(H,17,18). The van der Waals surface area contributed by atoms with Gasteiger partial charge in [0.15, 0.2) is 5.82 Å². The highest BCUT2D eigenvalue weighted by molar-refractivity contribution is 5.61. The fourth-order valence-electron chi connectivity index (χ4n) is 1.93. The van der Waals surface area contributed by atoms with Gasteiger partial charge in [-0.25, -0.2) is 4.98 Å². The Morgan fingerprint density at radius 3 is 2.90 bits per heavy atom. The average Bonchev–Trinajstić information content (AvgIpc) is 2.93. The Hall–Kier alpha value is -2.64. The number of anilines is 1. The lowest BCUT2D eigenvalue weighted by Crippen LogP contribution is -2.07. The van der Waals surface area contributed by atoms with Crippen molar-refractivity contribution in [1.29, 1.82) is 0 Å². The molecule has 0 atom stereocenters. The molecule has 0 aliphatic rings. The number of hydrogen-bond donors (Lipinski definition) is 1. The lowest BCUT2D eigenvalue weighted by molar-refractivity contribution is -0.137. The molecule has 8 heteroatoms. The van der Waals surface area contributed by atoms with Gasteiger partial charge in [0.05, 0.1) is 5.56 Å². The molecule has 1 aromatic carbocycles. The van der Waals surface area contributed by atoms with Gasteiger partial charge in [-0.2, -0.15) is 13.2 Å². The minimum atomic E-state index is -4.35. The zero-order chi connectivity index (χ0) is 14.9. The molecule has 108 valence electrons. The van der Waals surface area contributed by atoms with Crippen molar-refractivity contribution in [1.82, 2.24) is 19.6 Å². The summed E-state index contributed by atoms with van der Waals surface area (Å²) in [6.45, 7) is 0.212. The van der Waals surface area contributed by atoms with Crippen LogP contribution in [-0.2, 0) is 12.7 Å². The fraction of sp³-hybridized carbons (Fsp3) is 0.154. The molecule has 0 spiro atoms. The number of rotatable bonds is 3. The van der Waals surface area contributed by atoms with Gasteiger partial charge < -0.3 is 5.32 Å². The van der Waals surface area contributed by atoms with Crippen LogP contribution in [0.4, 0.5) is 19.0 Å². The van der Waals surface area contributed by atoms with Gasteiger partial charge in [-0.05, 0) is 17.7 Å². The third kappa shape index (κ3) is 2.78. The molecule has 0 bridgehead atoms. The Bertz CT molecular complexity index is 766. The number of nitrogens with zero attached hydrogens (tertiary/aromatic N) is 4. The lowest BCUT2D eigenvalue weighted by Gasteiger charge is -2.10. The van der Waals surface area contributed by atoms with Crippen molar-refractivity contribution < 1.29 is 13.2 Å². The molecule has 0 saturated heterocycles. The summed E-state index contributed by atoms with van der Waals surface area (Å²) in [5.41, 5.74) is 0.355. The molecular formula is C13H10F3N5. The maximum atomic E-state index is 12.6. The summed E-state index contributed by atoms with van der Waals surface area (Å²) in [6.07, 6.45) is 0.420. The van der Waals surface area contributed by atoms with Crippen LogP contribution in [0, 0.1) is 0 Å². The molecular weight excluding hydrogens is 283 g/mol. The van der Waals surface area contributed by atoms with Crippen LogP contribution >= 0.6 is 0 Å². The maximum absolute atomic E-state index is 12.6. The van der Waals surface area contributed by atoms with Crippen LogP contribution in [-0.4, -0.2) is 19.6 Å². The highest BCUT2D eigenvalue weighted by Crippen LogP contribution is 2.29. The van der Waals surface area contributed by atoms with Crippen molar-refractivity contribution in [2.45, 2.75) is 12.7 Å². The minimum absolute atomic E-state index is 0.212. The van der Waals surface area contributed by atoms with E-state index in [1.54, 1.807) is 22.9 Å². The van der Waals surface area contributed by atoms with Gasteiger partial charge in [0, 0.05) is 18.9 Å². The Kier molecular flexibility index (Phi) is 3.20. The summed E-state index contributed by atoms with van der Waals surface area (Å²) in [5, 5.41) is 10.6. The van der Waals surface area contributed by atoms with Crippen LogP contribution in [0.25, 0.3) is 5.65 Å². The van der Waals surface area contributed by atoms with Gasteiger partial charge in [-0.3, -0.25) is 4.40 Å². The van der Waals surface area contributed by atoms with E-state index in [1.165, 1.54) is 12.4 Å². The van der Waals surface area contributed by atoms with Crippen LogP contribution in [0.1, 0.15) is 11.1 Å². The van der Waals surface area contributed by atoms with Crippen molar-refractivity contribution in [3.05, 3.63) is 54.1 Å². The molecule has 0 unspecified atom stereocenters. The molecule has 3 aromatic rings. The molecule has 0 saturated carbocycles. The highest BCUT2D eigenvalue weighted by atomic mass is 19.4. The molecule has 2 heterocycles. The zero-order valence-electron chi connectivity index (χ0n) is 10.7. The summed E-state index contributed by atoms with van der Waals surface area (Å²) in [5.74, 6) is 0.465. The highest BCUT2D eigenvalue weighted by Gasteiger charge is 2.30. The van der Waals surface area contributed by atoms with Gasteiger partial charge in [-0.1, -0.05) is 12.1 Å². The predicted molar refractivity (Wildman–Crippen MR) is 69.6 cm³/mol. The van der Waals surface area contributed by atoms with E-state index >= 15 is 0 Å². The number of benzene rings is 1. The number of aromatic nitrogens is 4. The smallest absolute Gasteiger partial charge is 0.363 e. The molecule has 2 aromatic heterocycles. The van der Waals surface area contributed by atoms with Crippen LogP contribution in [0.3, 0.4) is 0 Å². The molecule has 0 aliphatic heterocycles. The van der Waals surface area contributed by atoms with Gasteiger partial charge in [0.1, 0.15) is 6.33 Å². The first-order chi connectivity index (χ1) is 10.0. The second-order valence-corrected chi connectivity index (χ2v) is 4.39. The van der Waals surface area contributed by atoms with Gasteiger partial charge in [0.25, 0.3) is 0 Å². The first-order valence-electron chi connectivity index (χ1n) is 6.08. The van der Waals surface area contributed by atoms with Crippen molar-refractivity contribution in [3.63, 3.8) is 0 Å². The van der Waals surface area contributed by atoms with E-state index in [2.05, 4.69) is 20.5 Å². The number of hydrogen-bond acceptors (Lipinski definition) is 4. The van der Waals surface area contributed by atoms with E-state index in [1.807, 2.05) is 0 Å². The molecule has 0 fully saturated rings. The summed E-state index contributed by atoms with van der Waals surface area (Å²) in [7, 11) is 0. The average molecular weight is 293 g/mol. The topological polar surface area (TPSA) is 55.1 Å². The van der Waals surface area contributed by atoms with E-state index < -0.39 is 11.7 Å². The summed E-state index contributed by atoms with van der Waals surface area (Å²) < 4.78 is 39.6. The monoisotopic (exact) mass is 293 g/mol. The van der Waals surface area contributed by atoms with Crippen molar-refractivity contribution >= 4 is 11.5 Å².